The summed E-state index contributed by atoms with van der Waals surface area (Å²) in [5, 5.41) is 0. The van der Waals surface area contributed by atoms with Crippen LogP contribution in [0.4, 0.5) is 8.78 Å². The molecule has 1 aromatic heterocycles. The van der Waals surface area contributed by atoms with Gasteiger partial charge in [0.2, 0.25) is 0 Å². The molecule has 0 radical (unpaired) electrons. The predicted octanol–water partition coefficient (Wildman–Crippen LogP) is 4.45. The number of halogens is 2. The van der Waals surface area contributed by atoms with Gasteiger partial charge in [0, 0.05) is 35.5 Å². The number of carbonyl (C=O) groups is 1. The number of aromatic nitrogens is 2. The molecule has 1 aliphatic rings. The number of Topliss-reactive ketones (excluding diaryl/α,β-unsaturated/α-hetero) is 1. The second kappa shape index (κ2) is 8.02. The molecule has 0 aliphatic carbocycles. The maximum Gasteiger partial charge on any atom is 0.166 e. The first kappa shape index (κ1) is 18.5. The quantitative estimate of drug-likeness (QED) is 0.665. The highest BCUT2D eigenvalue weighted by atomic mass is 19.2. The number of nitrogens with zero attached hydrogens (tertiary/aromatic N) is 2. The summed E-state index contributed by atoms with van der Waals surface area (Å²) in [6.45, 7) is 2.30. The summed E-state index contributed by atoms with van der Waals surface area (Å²) in [5.41, 5.74) is 2.33. The SMILES string of the molecule is O=C(c1ccc(F)c(F)c1)C1CCN(Cc2cnc(-c3ccccc3)[nH]2)CC1. The van der Waals surface area contributed by atoms with Gasteiger partial charge in [-0.15, -0.1) is 0 Å². The van der Waals surface area contributed by atoms with Gasteiger partial charge in [0.1, 0.15) is 5.82 Å². The van der Waals surface area contributed by atoms with E-state index in [2.05, 4.69) is 14.9 Å². The van der Waals surface area contributed by atoms with Gasteiger partial charge in [-0.1, -0.05) is 30.3 Å². The molecular weight excluding hydrogens is 360 g/mol. The van der Waals surface area contributed by atoms with Gasteiger partial charge in [0.25, 0.3) is 0 Å². The van der Waals surface area contributed by atoms with Crippen molar-refractivity contribution in [3.8, 4) is 11.4 Å². The lowest BCUT2D eigenvalue weighted by Crippen LogP contribution is -2.36. The van der Waals surface area contributed by atoms with Crippen molar-refractivity contribution in [2.45, 2.75) is 19.4 Å². The van der Waals surface area contributed by atoms with Gasteiger partial charge < -0.3 is 4.98 Å². The Kier molecular flexibility index (Phi) is 5.30. The summed E-state index contributed by atoms with van der Waals surface area (Å²) >= 11 is 0. The van der Waals surface area contributed by atoms with Gasteiger partial charge in [-0.3, -0.25) is 9.69 Å². The van der Waals surface area contributed by atoms with E-state index < -0.39 is 11.6 Å². The third-order valence-corrected chi connectivity index (χ3v) is 5.23. The molecule has 0 saturated carbocycles. The lowest BCUT2D eigenvalue weighted by molar-refractivity contribution is 0.0833. The molecule has 144 valence electrons. The van der Waals surface area contributed by atoms with Crippen LogP contribution in [-0.4, -0.2) is 33.7 Å². The van der Waals surface area contributed by atoms with Crippen LogP contribution < -0.4 is 0 Å². The van der Waals surface area contributed by atoms with E-state index in [-0.39, 0.29) is 17.3 Å². The first-order valence-corrected chi connectivity index (χ1v) is 9.41. The van der Waals surface area contributed by atoms with Crippen LogP contribution in [0.25, 0.3) is 11.4 Å². The van der Waals surface area contributed by atoms with E-state index in [9.17, 15) is 13.6 Å². The van der Waals surface area contributed by atoms with E-state index in [1.54, 1.807) is 0 Å². The Labute approximate surface area is 162 Å². The van der Waals surface area contributed by atoms with Crippen molar-refractivity contribution in [1.82, 2.24) is 14.9 Å². The van der Waals surface area contributed by atoms with Crippen LogP contribution >= 0.6 is 0 Å². The van der Waals surface area contributed by atoms with Crippen LogP contribution in [-0.2, 0) is 6.54 Å². The molecule has 1 N–H and O–H groups in total. The minimum atomic E-state index is -0.975. The van der Waals surface area contributed by atoms with E-state index >= 15 is 0 Å². The normalized spacial score (nSPS) is 15.6. The van der Waals surface area contributed by atoms with Gasteiger partial charge in [0.15, 0.2) is 17.4 Å². The van der Waals surface area contributed by atoms with E-state index in [0.717, 1.165) is 48.8 Å². The average Bonchev–Trinajstić information content (AvgIpc) is 3.19. The standard InChI is InChI=1S/C22H21F2N3O/c23-19-7-6-17(12-20(19)24)21(28)15-8-10-27(11-9-15)14-18-13-25-22(26-18)16-4-2-1-3-5-16/h1-7,12-13,15H,8-11,14H2,(H,25,26). The molecular formula is C22H21F2N3O. The fourth-order valence-electron chi connectivity index (χ4n) is 3.66. The van der Waals surface area contributed by atoms with Crippen LogP contribution in [0.2, 0.25) is 0 Å². The van der Waals surface area contributed by atoms with Crippen molar-refractivity contribution < 1.29 is 13.6 Å². The maximum atomic E-state index is 13.4. The molecule has 28 heavy (non-hydrogen) atoms. The molecule has 0 spiro atoms. The molecule has 1 aliphatic heterocycles. The van der Waals surface area contributed by atoms with Crippen LogP contribution in [0.3, 0.4) is 0 Å². The van der Waals surface area contributed by atoms with Gasteiger partial charge in [-0.05, 0) is 44.1 Å². The van der Waals surface area contributed by atoms with Crippen LogP contribution in [0.1, 0.15) is 28.9 Å². The largest absolute Gasteiger partial charge is 0.341 e. The van der Waals surface area contributed by atoms with E-state index in [4.69, 9.17) is 0 Å². The molecule has 4 rings (SSSR count). The monoisotopic (exact) mass is 381 g/mol. The summed E-state index contributed by atoms with van der Waals surface area (Å²) in [4.78, 5) is 22.6. The minimum Gasteiger partial charge on any atom is -0.341 e. The lowest BCUT2D eigenvalue weighted by atomic mass is 9.89. The number of H-pyrrole nitrogens is 1. The Morgan fingerprint density at radius 1 is 1.07 bits per heavy atom. The van der Waals surface area contributed by atoms with E-state index in [1.165, 1.54) is 6.07 Å². The predicted molar refractivity (Wildman–Crippen MR) is 103 cm³/mol. The van der Waals surface area contributed by atoms with E-state index in [0.29, 0.717) is 12.8 Å². The Morgan fingerprint density at radius 3 is 2.54 bits per heavy atom. The topological polar surface area (TPSA) is 49.0 Å². The molecule has 0 bridgehead atoms. The molecule has 4 nitrogen and oxygen atoms in total. The Hall–Kier alpha value is -2.86. The highest BCUT2D eigenvalue weighted by molar-refractivity contribution is 5.97. The van der Waals surface area contributed by atoms with E-state index in [1.807, 2.05) is 36.5 Å². The molecule has 1 fully saturated rings. The highest BCUT2D eigenvalue weighted by Crippen LogP contribution is 2.24. The number of imidazole rings is 1. The minimum absolute atomic E-state index is 0.105. The Morgan fingerprint density at radius 2 is 1.82 bits per heavy atom. The summed E-state index contributed by atoms with van der Waals surface area (Å²) < 4.78 is 26.5. The summed E-state index contributed by atoms with van der Waals surface area (Å²) in [7, 11) is 0. The second-order valence-electron chi connectivity index (χ2n) is 7.17. The number of likely N-dealkylation sites (tertiary alicyclic amines) is 1. The molecule has 6 heteroatoms. The van der Waals surface area contributed by atoms with Crippen molar-refractivity contribution in [3.63, 3.8) is 0 Å². The van der Waals surface area contributed by atoms with Gasteiger partial charge in [-0.2, -0.15) is 0 Å². The third kappa shape index (κ3) is 4.02. The smallest absolute Gasteiger partial charge is 0.166 e. The first-order valence-electron chi connectivity index (χ1n) is 9.41. The average molecular weight is 381 g/mol. The van der Waals surface area contributed by atoms with Gasteiger partial charge in [0.05, 0.1) is 0 Å². The number of nitrogens with one attached hydrogen (secondary N) is 1. The van der Waals surface area contributed by atoms with Crippen molar-refractivity contribution in [2.24, 2.45) is 5.92 Å². The zero-order valence-electron chi connectivity index (χ0n) is 15.4. The van der Waals surface area contributed by atoms with Crippen LogP contribution in [0, 0.1) is 17.6 Å². The zero-order chi connectivity index (χ0) is 19.5. The summed E-state index contributed by atoms with van der Waals surface area (Å²) in [5.74, 6) is -1.31. The molecule has 0 atom stereocenters. The number of benzene rings is 2. The number of hydrogen-bond acceptors (Lipinski definition) is 3. The number of rotatable bonds is 5. The van der Waals surface area contributed by atoms with Gasteiger partial charge in [-0.25, -0.2) is 13.8 Å². The molecule has 0 unspecified atom stereocenters. The number of carbonyl (C=O) groups excluding carboxylic acids is 1. The highest BCUT2D eigenvalue weighted by Gasteiger charge is 2.26. The first-order chi connectivity index (χ1) is 13.6. The molecule has 0 amide bonds. The molecule has 3 aromatic rings. The summed E-state index contributed by atoms with van der Waals surface area (Å²) in [6.07, 6.45) is 3.26. The molecule has 1 saturated heterocycles. The maximum absolute atomic E-state index is 13.4. The Balaban J connectivity index is 1.34. The third-order valence-electron chi connectivity index (χ3n) is 5.23. The second-order valence-corrected chi connectivity index (χ2v) is 7.17. The number of piperidine rings is 1. The van der Waals surface area contributed by atoms with Crippen molar-refractivity contribution >= 4 is 5.78 Å². The van der Waals surface area contributed by atoms with Crippen molar-refractivity contribution in [2.75, 3.05) is 13.1 Å². The fraction of sp³-hybridized carbons (Fsp3) is 0.273. The molecule has 2 heterocycles. The molecule has 2 aromatic carbocycles. The summed E-state index contributed by atoms with van der Waals surface area (Å²) in [6, 6.07) is 13.3. The Bertz CT molecular complexity index is 963. The fourth-order valence-corrected chi connectivity index (χ4v) is 3.66. The number of aromatic amines is 1. The number of hydrogen-bond donors (Lipinski definition) is 1. The van der Waals surface area contributed by atoms with Gasteiger partial charge >= 0.3 is 0 Å². The van der Waals surface area contributed by atoms with Crippen molar-refractivity contribution in [1.29, 1.82) is 0 Å². The number of ketones is 1. The van der Waals surface area contributed by atoms with Crippen LogP contribution in [0.5, 0.6) is 0 Å². The van der Waals surface area contributed by atoms with Crippen LogP contribution in [0.15, 0.2) is 54.7 Å². The lowest BCUT2D eigenvalue weighted by Gasteiger charge is -2.30. The zero-order valence-corrected chi connectivity index (χ0v) is 15.4. The van der Waals surface area contributed by atoms with Crippen molar-refractivity contribution in [3.05, 3.63) is 77.6 Å².